The first-order valence-electron chi connectivity index (χ1n) is 5.78. The molecule has 19 heavy (non-hydrogen) atoms. The number of carboxylic acid groups (broad SMARTS) is 1. The number of rotatable bonds is 3. The first-order valence-corrected chi connectivity index (χ1v) is 5.78. The molecule has 0 saturated carbocycles. The summed E-state index contributed by atoms with van der Waals surface area (Å²) >= 11 is 0. The molecule has 4 nitrogen and oxygen atoms in total. The third kappa shape index (κ3) is 2.98. The van der Waals surface area contributed by atoms with Crippen LogP contribution in [0.4, 0.5) is 5.69 Å². The maximum absolute atomic E-state index is 11.2. The van der Waals surface area contributed by atoms with E-state index in [1.807, 2.05) is 6.07 Å². The Labute approximate surface area is 110 Å². The normalized spacial score (nSPS) is 9.95. The van der Waals surface area contributed by atoms with Gasteiger partial charge < -0.3 is 10.4 Å². The molecule has 96 valence electrons. The molecule has 0 aliphatic rings. The highest BCUT2D eigenvalue weighted by molar-refractivity contribution is 5.97. The van der Waals surface area contributed by atoms with E-state index >= 15 is 0 Å². The van der Waals surface area contributed by atoms with Gasteiger partial charge in [0.25, 0.3) is 0 Å². The van der Waals surface area contributed by atoms with Crippen molar-refractivity contribution in [1.29, 1.82) is 0 Å². The van der Waals surface area contributed by atoms with Gasteiger partial charge in [-0.15, -0.1) is 0 Å². The van der Waals surface area contributed by atoms with Gasteiger partial charge in [0, 0.05) is 12.6 Å². The number of aromatic carboxylic acids is 1. The number of carbonyl (C=O) groups is 2. The summed E-state index contributed by atoms with van der Waals surface area (Å²) in [4.78, 5) is 22.2. The monoisotopic (exact) mass is 255 g/mol. The lowest BCUT2D eigenvalue weighted by Crippen LogP contribution is -2.05. The van der Waals surface area contributed by atoms with Gasteiger partial charge in [-0.1, -0.05) is 30.3 Å². The molecule has 0 aromatic heterocycles. The Morgan fingerprint density at radius 1 is 1.05 bits per heavy atom. The standard InChI is InChI=1S/C15H13NO3/c1-10(17)16-12-6-4-5-11(9-12)13-7-2-3-8-14(13)15(18)19/h2-9H,1H3,(H,16,17)(H,18,19). The molecule has 2 rings (SSSR count). The molecule has 0 bridgehead atoms. The van der Waals surface area contributed by atoms with Crippen LogP contribution < -0.4 is 5.32 Å². The number of hydrogen-bond acceptors (Lipinski definition) is 2. The zero-order chi connectivity index (χ0) is 13.8. The van der Waals surface area contributed by atoms with Crippen molar-refractivity contribution in [2.24, 2.45) is 0 Å². The first kappa shape index (κ1) is 12.8. The zero-order valence-electron chi connectivity index (χ0n) is 10.4. The molecule has 0 atom stereocenters. The Bertz CT molecular complexity index is 635. The van der Waals surface area contributed by atoms with Gasteiger partial charge in [0.05, 0.1) is 5.56 Å². The number of carboxylic acids is 1. The lowest BCUT2D eigenvalue weighted by molar-refractivity contribution is -0.114. The molecular weight excluding hydrogens is 242 g/mol. The van der Waals surface area contributed by atoms with Crippen LogP contribution in [0.5, 0.6) is 0 Å². The van der Waals surface area contributed by atoms with E-state index in [4.69, 9.17) is 0 Å². The minimum absolute atomic E-state index is 0.163. The van der Waals surface area contributed by atoms with E-state index < -0.39 is 5.97 Å². The van der Waals surface area contributed by atoms with Crippen LogP contribution >= 0.6 is 0 Å². The van der Waals surface area contributed by atoms with Crippen LogP contribution in [0, 0.1) is 0 Å². The van der Waals surface area contributed by atoms with Gasteiger partial charge in [0.2, 0.25) is 5.91 Å². The Kier molecular flexibility index (Phi) is 3.61. The lowest BCUT2D eigenvalue weighted by Gasteiger charge is -2.08. The number of benzene rings is 2. The van der Waals surface area contributed by atoms with Crippen molar-refractivity contribution in [2.75, 3.05) is 5.32 Å². The predicted octanol–water partition coefficient (Wildman–Crippen LogP) is 3.01. The SMILES string of the molecule is CC(=O)Nc1cccc(-c2ccccc2C(=O)O)c1. The largest absolute Gasteiger partial charge is 0.478 e. The Morgan fingerprint density at radius 3 is 2.47 bits per heavy atom. The molecule has 0 aliphatic heterocycles. The summed E-state index contributed by atoms with van der Waals surface area (Å²) in [6.07, 6.45) is 0. The van der Waals surface area contributed by atoms with Gasteiger partial charge >= 0.3 is 5.97 Å². The maximum Gasteiger partial charge on any atom is 0.336 e. The molecule has 2 aromatic rings. The topological polar surface area (TPSA) is 66.4 Å². The lowest BCUT2D eigenvalue weighted by atomic mass is 9.99. The average Bonchev–Trinajstić information content (AvgIpc) is 2.38. The van der Waals surface area contributed by atoms with E-state index in [1.54, 1.807) is 42.5 Å². The zero-order valence-corrected chi connectivity index (χ0v) is 10.4. The molecule has 0 unspecified atom stereocenters. The Balaban J connectivity index is 2.47. The number of amides is 1. The van der Waals surface area contributed by atoms with Crippen LogP contribution in [0.3, 0.4) is 0 Å². The highest BCUT2D eigenvalue weighted by atomic mass is 16.4. The van der Waals surface area contributed by atoms with Gasteiger partial charge in [-0.25, -0.2) is 4.79 Å². The van der Waals surface area contributed by atoms with Crippen LogP contribution in [-0.2, 0) is 4.79 Å². The molecular formula is C15H13NO3. The van der Waals surface area contributed by atoms with E-state index in [9.17, 15) is 14.7 Å². The molecule has 2 aromatic carbocycles. The van der Waals surface area contributed by atoms with E-state index in [-0.39, 0.29) is 11.5 Å². The van der Waals surface area contributed by atoms with E-state index in [2.05, 4.69) is 5.32 Å². The molecule has 0 saturated heterocycles. The summed E-state index contributed by atoms with van der Waals surface area (Å²) in [5.41, 5.74) is 2.26. The summed E-state index contributed by atoms with van der Waals surface area (Å²) in [7, 11) is 0. The fraction of sp³-hybridized carbons (Fsp3) is 0.0667. The quantitative estimate of drug-likeness (QED) is 0.885. The minimum Gasteiger partial charge on any atom is -0.478 e. The van der Waals surface area contributed by atoms with Crippen molar-refractivity contribution in [3.8, 4) is 11.1 Å². The van der Waals surface area contributed by atoms with Crippen molar-refractivity contribution in [1.82, 2.24) is 0 Å². The maximum atomic E-state index is 11.2. The van der Waals surface area contributed by atoms with E-state index in [0.717, 1.165) is 5.56 Å². The fourth-order valence-electron chi connectivity index (χ4n) is 1.89. The van der Waals surface area contributed by atoms with Crippen molar-refractivity contribution in [3.05, 3.63) is 54.1 Å². The fourth-order valence-corrected chi connectivity index (χ4v) is 1.89. The second kappa shape index (κ2) is 5.35. The molecule has 4 heteroatoms. The third-order valence-electron chi connectivity index (χ3n) is 2.65. The molecule has 0 heterocycles. The van der Waals surface area contributed by atoms with Crippen LogP contribution in [0.1, 0.15) is 17.3 Å². The van der Waals surface area contributed by atoms with Gasteiger partial charge in [-0.05, 0) is 29.3 Å². The summed E-state index contributed by atoms with van der Waals surface area (Å²) in [5.74, 6) is -1.14. The number of anilines is 1. The summed E-state index contributed by atoms with van der Waals surface area (Å²) in [5, 5.41) is 11.8. The second-order valence-electron chi connectivity index (χ2n) is 4.11. The molecule has 0 aliphatic carbocycles. The van der Waals surface area contributed by atoms with Crippen LogP contribution in [0.2, 0.25) is 0 Å². The van der Waals surface area contributed by atoms with Gasteiger partial charge in [0.15, 0.2) is 0 Å². The minimum atomic E-state index is -0.972. The molecule has 1 amide bonds. The predicted molar refractivity (Wildman–Crippen MR) is 73.1 cm³/mol. The van der Waals surface area contributed by atoms with E-state index in [1.165, 1.54) is 6.92 Å². The highest BCUT2D eigenvalue weighted by Gasteiger charge is 2.10. The second-order valence-corrected chi connectivity index (χ2v) is 4.11. The van der Waals surface area contributed by atoms with Crippen LogP contribution in [0.15, 0.2) is 48.5 Å². The number of carbonyl (C=O) groups excluding carboxylic acids is 1. The summed E-state index contributed by atoms with van der Waals surface area (Å²) in [6.45, 7) is 1.43. The van der Waals surface area contributed by atoms with Gasteiger partial charge in [-0.2, -0.15) is 0 Å². The number of hydrogen-bond donors (Lipinski definition) is 2. The van der Waals surface area contributed by atoms with Crippen LogP contribution in [-0.4, -0.2) is 17.0 Å². The third-order valence-corrected chi connectivity index (χ3v) is 2.65. The molecule has 0 fully saturated rings. The molecule has 2 N–H and O–H groups in total. The number of nitrogens with one attached hydrogen (secondary N) is 1. The van der Waals surface area contributed by atoms with Crippen molar-refractivity contribution in [2.45, 2.75) is 6.92 Å². The smallest absolute Gasteiger partial charge is 0.336 e. The first-order chi connectivity index (χ1) is 9.08. The Morgan fingerprint density at radius 2 is 1.79 bits per heavy atom. The van der Waals surface area contributed by atoms with Crippen molar-refractivity contribution >= 4 is 17.6 Å². The Hall–Kier alpha value is -2.62. The summed E-state index contributed by atoms with van der Waals surface area (Å²) < 4.78 is 0. The molecule has 0 radical (unpaired) electrons. The van der Waals surface area contributed by atoms with Crippen LogP contribution in [0.25, 0.3) is 11.1 Å². The highest BCUT2D eigenvalue weighted by Crippen LogP contribution is 2.26. The molecule has 0 spiro atoms. The van der Waals surface area contributed by atoms with Gasteiger partial charge in [-0.3, -0.25) is 4.79 Å². The van der Waals surface area contributed by atoms with Gasteiger partial charge in [0.1, 0.15) is 0 Å². The van der Waals surface area contributed by atoms with Crippen molar-refractivity contribution in [3.63, 3.8) is 0 Å². The average molecular weight is 255 g/mol. The summed E-state index contributed by atoms with van der Waals surface area (Å²) in [6, 6.07) is 13.9. The van der Waals surface area contributed by atoms with E-state index in [0.29, 0.717) is 11.3 Å². The van der Waals surface area contributed by atoms with Crippen molar-refractivity contribution < 1.29 is 14.7 Å².